The minimum Gasteiger partial charge on any atom is -0.508 e. The SMILES string of the molecule is C=CC(=O)N1C[C@H](C)N(c2nc(N3CC(N(C)C)C3)nc3c(F)c(N4NCc5c(O)ccc(C)c54)c(Cl)cc23)C[C@H]1C. The maximum absolute atomic E-state index is 16.8. The van der Waals surface area contributed by atoms with Crippen LogP contribution in [0.25, 0.3) is 10.9 Å². The van der Waals surface area contributed by atoms with Crippen LogP contribution in [-0.2, 0) is 11.3 Å². The topological polar surface area (TPSA) is 91.3 Å². The molecule has 6 rings (SSSR count). The van der Waals surface area contributed by atoms with Gasteiger partial charge in [-0.25, -0.2) is 14.8 Å². The van der Waals surface area contributed by atoms with Crippen molar-refractivity contribution in [2.75, 3.05) is 55.1 Å². The lowest BCUT2D eigenvalue weighted by Crippen LogP contribution is -2.59. The molecule has 2 saturated heterocycles. The van der Waals surface area contributed by atoms with Crippen molar-refractivity contribution < 1.29 is 14.3 Å². The van der Waals surface area contributed by atoms with Gasteiger partial charge in [0, 0.05) is 61.8 Å². The highest BCUT2D eigenvalue weighted by atomic mass is 35.5. The number of aromatic hydroxyl groups is 1. The number of nitrogens with zero attached hydrogens (tertiary/aromatic N) is 7. The fourth-order valence-electron chi connectivity index (χ4n) is 6.17. The number of hydrazine groups is 1. The molecule has 0 spiro atoms. The first kappa shape index (κ1) is 28.4. The van der Waals surface area contributed by atoms with Gasteiger partial charge in [0.15, 0.2) is 5.82 Å². The van der Waals surface area contributed by atoms with Crippen molar-refractivity contribution in [1.82, 2.24) is 25.2 Å². The molecule has 0 aliphatic carbocycles. The second kappa shape index (κ2) is 10.6. The lowest BCUT2D eigenvalue weighted by atomic mass is 10.1. The number of amides is 1. The third-order valence-corrected chi connectivity index (χ3v) is 9.03. The highest BCUT2D eigenvalue weighted by Crippen LogP contribution is 2.45. The number of piperazine rings is 1. The van der Waals surface area contributed by atoms with Crippen molar-refractivity contribution in [3.8, 4) is 5.75 Å². The summed E-state index contributed by atoms with van der Waals surface area (Å²) in [5, 5.41) is 12.8. The number of rotatable bonds is 5. The Morgan fingerprint density at radius 1 is 1.17 bits per heavy atom. The molecular formula is C30H36ClFN8O2. The van der Waals surface area contributed by atoms with Crippen LogP contribution in [0.2, 0.25) is 5.02 Å². The van der Waals surface area contributed by atoms with Crippen LogP contribution in [0.1, 0.15) is 25.0 Å². The number of nitrogens with one attached hydrogen (secondary N) is 1. The van der Waals surface area contributed by atoms with Crippen molar-refractivity contribution in [1.29, 1.82) is 0 Å². The van der Waals surface area contributed by atoms with Crippen LogP contribution in [0.5, 0.6) is 5.75 Å². The third kappa shape index (κ3) is 4.50. The number of hydrogen-bond donors (Lipinski definition) is 2. The van der Waals surface area contributed by atoms with Crippen molar-refractivity contribution in [2.24, 2.45) is 0 Å². The summed E-state index contributed by atoms with van der Waals surface area (Å²) in [7, 11) is 4.08. The molecule has 1 amide bonds. The Kier molecular flexibility index (Phi) is 7.15. The third-order valence-electron chi connectivity index (χ3n) is 8.74. The molecule has 2 atom stereocenters. The summed E-state index contributed by atoms with van der Waals surface area (Å²) in [6.45, 7) is 12.4. The number of aryl methyl sites for hydroxylation is 1. The molecule has 3 aliphatic heterocycles. The van der Waals surface area contributed by atoms with Crippen LogP contribution < -0.4 is 20.2 Å². The lowest BCUT2D eigenvalue weighted by molar-refractivity contribution is -0.128. The molecule has 0 saturated carbocycles. The number of anilines is 4. The molecule has 1 aromatic heterocycles. The van der Waals surface area contributed by atoms with E-state index in [9.17, 15) is 9.90 Å². The van der Waals surface area contributed by atoms with E-state index in [0.29, 0.717) is 54.1 Å². The molecule has 3 aromatic rings. The summed E-state index contributed by atoms with van der Waals surface area (Å²) in [5.41, 5.74) is 5.73. The van der Waals surface area contributed by atoms with E-state index in [-0.39, 0.29) is 40.0 Å². The zero-order chi connectivity index (χ0) is 30.0. The summed E-state index contributed by atoms with van der Waals surface area (Å²) in [6, 6.07) is 5.31. The Morgan fingerprint density at radius 2 is 1.90 bits per heavy atom. The van der Waals surface area contributed by atoms with Crippen LogP contribution in [-0.4, -0.2) is 89.2 Å². The van der Waals surface area contributed by atoms with Crippen molar-refractivity contribution in [2.45, 2.75) is 45.4 Å². The zero-order valence-corrected chi connectivity index (χ0v) is 25.3. The van der Waals surface area contributed by atoms with E-state index in [0.717, 1.165) is 18.7 Å². The number of halogens is 2. The molecule has 0 radical (unpaired) electrons. The van der Waals surface area contributed by atoms with Gasteiger partial charge in [-0.1, -0.05) is 24.2 Å². The van der Waals surface area contributed by atoms with Crippen molar-refractivity contribution in [3.63, 3.8) is 0 Å². The van der Waals surface area contributed by atoms with Crippen LogP contribution in [0.3, 0.4) is 0 Å². The van der Waals surface area contributed by atoms with Gasteiger partial charge in [-0.2, -0.15) is 4.98 Å². The number of phenols is 1. The van der Waals surface area contributed by atoms with E-state index in [1.54, 1.807) is 28.1 Å². The number of aromatic nitrogens is 2. The van der Waals surface area contributed by atoms with E-state index >= 15 is 4.39 Å². The normalized spacial score (nSPS) is 20.9. The van der Waals surface area contributed by atoms with Gasteiger partial charge in [-0.3, -0.25) is 9.80 Å². The average molecular weight is 595 g/mol. The zero-order valence-electron chi connectivity index (χ0n) is 24.5. The number of likely N-dealkylation sites (N-methyl/N-ethyl adjacent to an activating group) is 1. The summed E-state index contributed by atoms with van der Waals surface area (Å²) in [4.78, 5) is 30.4. The maximum Gasteiger partial charge on any atom is 0.246 e. The number of fused-ring (bicyclic) bond motifs is 2. The monoisotopic (exact) mass is 594 g/mol. The minimum absolute atomic E-state index is 0.0961. The molecule has 3 aliphatic rings. The standard InChI is InChI=1S/C30H36ClFN8O2/c1-7-24(42)38-12-18(4)39(13-17(38)3)29-20-10-22(31)28(40-27-16(2)8-9-23(41)21(27)11-33-40)25(32)26(20)34-30(35-29)37-14-19(15-37)36(5)6/h7-10,17-19,33,41H,1,11-15H2,2-6H3/t17-,18+/m1/s1. The summed E-state index contributed by atoms with van der Waals surface area (Å²) >= 11 is 6.86. The number of benzene rings is 2. The molecular weight excluding hydrogens is 559 g/mol. The predicted octanol–water partition coefficient (Wildman–Crippen LogP) is 3.95. The van der Waals surface area contributed by atoms with E-state index in [2.05, 4.69) is 26.7 Å². The second-order valence-electron chi connectivity index (χ2n) is 11.7. The van der Waals surface area contributed by atoms with Gasteiger partial charge in [0.2, 0.25) is 11.9 Å². The Morgan fingerprint density at radius 3 is 2.60 bits per heavy atom. The van der Waals surface area contributed by atoms with Crippen LogP contribution in [0, 0.1) is 12.7 Å². The first-order valence-electron chi connectivity index (χ1n) is 14.2. The van der Waals surface area contributed by atoms with Gasteiger partial charge < -0.3 is 24.7 Å². The molecule has 0 bridgehead atoms. The molecule has 0 unspecified atom stereocenters. The minimum atomic E-state index is -0.573. The van der Waals surface area contributed by atoms with Gasteiger partial charge in [-0.15, -0.1) is 0 Å². The largest absolute Gasteiger partial charge is 0.508 e. The van der Waals surface area contributed by atoms with Crippen LogP contribution in [0.15, 0.2) is 30.9 Å². The molecule has 2 aromatic carbocycles. The maximum atomic E-state index is 16.8. The second-order valence-corrected chi connectivity index (χ2v) is 12.1. The van der Waals surface area contributed by atoms with Crippen molar-refractivity contribution in [3.05, 3.63) is 52.8 Å². The molecule has 12 heteroatoms. The van der Waals surface area contributed by atoms with Crippen molar-refractivity contribution >= 4 is 51.6 Å². The molecule has 2 N–H and O–H groups in total. The van der Waals surface area contributed by atoms with Crippen LogP contribution >= 0.6 is 11.6 Å². The summed E-state index contributed by atoms with van der Waals surface area (Å²) in [6.07, 6.45) is 1.34. The van der Waals surface area contributed by atoms with E-state index in [1.165, 1.54) is 6.08 Å². The molecule has 10 nitrogen and oxygen atoms in total. The summed E-state index contributed by atoms with van der Waals surface area (Å²) < 4.78 is 16.8. The van der Waals surface area contributed by atoms with Crippen LogP contribution in [0.4, 0.5) is 27.5 Å². The lowest BCUT2D eigenvalue weighted by Gasteiger charge is -2.45. The summed E-state index contributed by atoms with van der Waals surface area (Å²) in [5.74, 6) is 0.493. The molecule has 2 fully saturated rings. The van der Waals surface area contributed by atoms with Gasteiger partial charge in [0.1, 0.15) is 22.8 Å². The number of hydrogen-bond acceptors (Lipinski definition) is 9. The van der Waals surface area contributed by atoms with Gasteiger partial charge in [-0.05, 0) is 58.6 Å². The van der Waals surface area contributed by atoms with Gasteiger partial charge in [0.25, 0.3) is 0 Å². The smallest absolute Gasteiger partial charge is 0.246 e. The van der Waals surface area contributed by atoms with E-state index in [4.69, 9.17) is 21.6 Å². The average Bonchev–Trinajstić information content (AvgIpc) is 3.36. The predicted molar refractivity (Wildman–Crippen MR) is 164 cm³/mol. The first-order chi connectivity index (χ1) is 20.0. The van der Waals surface area contributed by atoms with E-state index < -0.39 is 5.82 Å². The fourth-order valence-corrected chi connectivity index (χ4v) is 6.45. The Hall–Kier alpha value is -3.67. The Labute approximate surface area is 249 Å². The first-order valence-corrected chi connectivity index (χ1v) is 14.5. The Balaban J connectivity index is 1.49. The number of carbonyl (C=O) groups is 1. The number of phenolic OH excluding ortho intramolecular Hbond substituents is 1. The van der Waals surface area contributed by atoms with Gasteiger partial charge >= 0.3 is 0 Å². The highest BCUT2D eigenvalue weighted by molar-refractivity contribution is 6.34. The quantitative estimate of drug-likeness (QED) is 0.426. The number of carbonyl (C=O) groups excluding carboxylic acids is 1. The molecule has 42 heavy (non-hydrogen) atoms. The highest BCUT2D eigenvalue weighted by Gasteiger charge is 2.37. The van der Waals surface area contributed by atoms with Gasteiger partial charge in [0.05, 0.1) is 10.7 Å². The molecule has 222 valence electrons. The Bertz CT molecular complexity index is 1590. The van der Waals surface area contributed by atoms with E-state index in [1.807, 2.05) is 34.9 Å². The fraction of sp³-hybridized carbons (Fsp3) is 0.433. The molecule has 4 heterocycles.